The molecule has 0 saturated carbocycles. The van der Waals surface area contributed by atoms with Crippen LogP contribution in [0, 0.1) is 16.0 Å². The summed E-state index contributed by atoms with van der Waals surface area (Å²) in [4.78, 5) is 39.7. The fourth-order valence-electron chi connectivity index (χ4n) is 3.18. The lowest BCUT2D eigenvalue weighted by molar-refractivity contribution is -0.384. The molecule has 0 spiro atoms. The molecule has 0 fully saturated rings. The van der Waals surface area contributed by atoms with Gasteiger partial charge in [-0.15, -0.1) is 0 Å². The van der Waals surface area contributed by atoms with Gasteiger partial charge in [0.1, 0.15) is 6.54 Å². The molecular formula is C22H30N4O5. The molecule has 1 aromatic carbocycles. The molecule has 1 aromatic heterocycles. The van der Waals surface area contributed by atoms with Gasteiger partial charge in [0.05, 0.1) is 18.1 Å². The maximum absolute atomic E-state index is 13.1. The summed E-state index contributed by atoms with van der Waals surface area (Å²) < 4.78 is 7.10. The van der Waals surface area contributed by atoms with Crippen LogP contribution < -0.4 is 0 Å². The highest BCUT2D eigenvalue weighted by atomic mass is 16.6. The molecule has 9 nitrogen and oxygen atoms in total. The Morgan fingerprint density at radius 3 is 2.35 bits per heavy atom. The van der Waals surface area contributed by atoms with Gasteiger partial charge in [0.2, 0.25) is 5.91 Å². The van der Waals surface area contributed by atoms with Crippen LogP contribution in [0.4, 0.5) is 5.69 Å². The zero-order chi connectivity index (χ0) is 23.0. The van der Waals surface area contributed by atoms with Gasteiger partial charge in [-0.05, 0) is 30.2 Å². The maximum Gasteiger partial charge on any atom is 0.269 e. The van der Waals surface area contributed by atoms with Crippen molar-refractivity contribution in [3.63, 3.8) is 0 Å². The number of amides is 2. The van der Waals surface area contributed by atoms with Gasteiger partial charge in [0, 0.05) is 56.8 Å². The van der Waals surface area contributed by atoms with Crippen molar-refractivity contribution in [1.29, 1.82) is 0 Å². The van der Waals surface area contributed by atoms with Crippen molar-refractivity contribution >= 4 is 17.5 Å². The second-order valence-corrected chi connectivity index (χ2v) is 7.80. The molecule has 0 saturated heterocycles. The SMILES string of the molecule is COCCN(Cc1cccn1C)C(=O)CN(CC(C)C)C(=O)c1ccc([N+](=O)[O-])cc1. The van der Waals surface area contributed by atoms with E-state index in [4.69, 9.17) is 4.74 Å². The molecule has 2 amide bonds. The molecule has 0 unspecified atom stereocenters. The van der Waals surface area contributed by atoms with Gasteiger partial charge in [-0.1, -0.05) is 13.8 Å². The minimum atomic E-state index is -0.513. The number of hydrogen-bond donors (Lipinski definition) is 0. The molecule has 2 rings (SSSR count). The smallest absolute Gasteiger partial charge is 0.269 e. The highest BCUT2D eigenvalue weighted by Crippen LogP contribution is 2.15. The van der Waals surface area contributed by atoms with Crippen LogP contribution in [0.15, 0.2) is 42.6 Å². The number of nitro groups is 1. The summed E-state index contributed by atoms with van der Waals surface area (Å²) in [5.41, 5.74) is 1.20. The lowest BCUT2D eigenvalue weighted by Gasteiger charge is -2.29. The first-order valence-corrected chi connectivity index (χ1v) is 10.1. The number of benzene rings is 1. The van der Waals surface area contributed by atoms with Crippen molar-refractivity contribution in [2.45, 2.75) is 20.4 Å². The summed E-state index contributed by atoms with van der Waals surface area (Å²) in [6.07, 6.45) is 1.91. The van der Waals surface area contributed by atoms with Gasteiger partial charge in [0.25, 0.3) is 11.6 Å². The number of carbonyl (C=O) groups is 2. The molecule has 0 aliphatic heterocycles. The first-order valence-electron chi connectivity index (χ1n) is 10.1. The Morgan fingerprint density at radius 2 is 1.84 bits per heavy atom. The molecule has 0 N–H and O–H groups in total. The van der Waals surface area contributed by atoms with E-state index in [1.54, 1.807) is 12.0 Å². The van der Waals surface area contributed by atoms with Gasteiger partial charge in [0.15, 0.2) is 0 Å². The molecule has 0 aliphatic carbocycles. The van der Waals surface area contributed by atoms with E-state index < -0.39 is 4.92 Å². The second-order valence-electron chi connectivity index (χ2n) is 7.80. The third-order valence-electron chi connectivity index (χ3n) is 4.85. The number of nitro benzene ring substituents is 1. The summed E-state index contributed by atoms with van der Waals surface area (Å²) in [5.74, 6) is -0.369. The van der Waals surface area contributed by atoms with E-state index in [0.717, 1.165) is 5.69 Å². The molecule has 0 radical (unpaired) electrons. The average molecular weight is 431 g/mol. The third kappa shape index (κ3) is 6.92. The quantitative estimate of drug-likeness (QED) is 0.403. The summed E-state index contributed by atoms with van der Waals surface area (Å²) in [6.45, 7) is 5.44. The number of methoxy groups -OCH3 is 1. The zero-order valence-corrected chi connectivity index (χ0v) is 18.5. The minimum Gasteiger partial charge on any atom is -0.383 e. The van der Waals surface area contributed by atoms with Crippen molar-refractivity contribution in [2.75, 3.05) is 33.4 Å². The minimum absolute atomic E-state index is 0.0812. The third-order valence-corrected chi connectivity index (χ3v) is 4.85. The van der Waals surface area contributed by atoms with Crippen LogP contribution in [0.25, 0.3) is 0 Å². The van der Waals surface area contributed by atoms with E-state index in [1.807, 2.05) is 43.8 Å². The molecule has 1 heterocycles. The van der Waals surface area contributed by atoms with Crippen LogP contribution in [0.1, 0.15) is 29.9 Å². The molecule has 31 heavy (non-hydrogen) atoms. The summed E-state index contributed by atoms with van der Waals surface area (Å²) in [5, 5.41) is 10.9. The van der Waals surface area contributed by atoms with Gasteiger partial charge in [-0.3, -0.25) is 19.7 Å². The zero-order valence-electron chi connectivity index (χ0n) is 18.5. The van der Waals surface area contributed by atoms with E-state index in [0.29, 0.717) is 31.8 Å². The van der Waals surface area contributed by atoms with Gasteiger partial charge in [-0.25, -0.2) is 0 Å². The van der Waals surface area contributed by atoms with Crippen LogP contribution in [0.5, 0.6) is 0 Å². The number of nitrogens with zero attached hydrogens (tertiary/aromatic N) is 4. The van der Waals surface area contributed by atoms with Crippen LogP contribution in [0.2, 0.25) is 0 Å². The Morgan fingerprint density at radius 1 is 1.16 bits per heavy atom. The van der Waals surface area contributed by atoms with Gasteiger partial charge >= 0.3 is 0 Å². The van der Waals surface area contributed by atoms with Gasteiger partial charge in [-0.2, -0.15) is 0 Å². The Balaban J connectivity index is 2.19. The number of aryl methyl sites for hydroxylation is 1. The Labute approximate surface area is 182 Å². The van der Waals surface area contributed by atoms with Crippen molar-refractivity contribution in [1.82, 2.24) is 14.4 Å². The fraction of sp³-hybridized carbons (Fsp3) is 0.455. The maximum atomic E-state index is 13.1. The van der Waals surface area contributed by atoms with E-state index in [2.05, 4.69) is 0 Å². The molecule has 9 heteroatoms. The van der Waals surface area contributed by atoms with E-state index >= 15 is 0 Å². The van der Waals surface area contributed by atoms with Crippen LogP contribution in [0.3, 0.4) is 0 Å². The topological polar surface area (TPSA) is 97.9 Å². The van der Waals surface area contributed by atoms with E-state index in [9.17, 15) is 19.7 Å². The predicted molar refractivity (Wildman–Crippen MR) is 117 cm³/mol. The number of hydrogen-bond acceptors (Lipinski definition) is 5. The molecule has 0 atom stereocenters. The molecule has 0 aliphatic rings. The van der Waals surface area contributed by atoms with Crippen LogP contribution in [-0.2, 0) is 23.1 Å². The first kappa shape index (κ1) is 24.1. The Bertz CT molecular complexity index is 892. The lowest BCUT2D eigenvalue weighted by atomic mass is 10.1. The summed E-state index contributed by atoms with van der Waals surface area (Å²) >= 11 is 0. The van der Waals surface area contributed by atoms with E-state index in [1.165, 1.54) is 29.2 Å². The first-order chi connectivity index (χ1) is 14.7. The number of aromatic nitrogens is 1. The number of rotatable bonds is 11. The predicted octanol–water partition coefficient (Wildman–Crippen LogP) is 2.71. The van der Waals surface area contributed by atoms with Gasteiger partial charge < -0.3 is 19.1 Å². The lowest BCUT2D eigenvalue weighted by Crippen LogP contribution is -2.45. The standard InChI is InChI=1S/C22H30N4O5/c1-17(2)14-25(22(28)18-7-9-19(10-8-18)26(29)30)16-21(27)24(12-13-31-4)15-20-6-5-11-23(20)3/h5-11,17H,12-16H2,1-4H3. The molecular weight excluding hydrogens is 400 g/mol. The normalized spacial score (nSPS) is 10.9. The van der Waals surface area contributed by atoms with Crippen LogP contribution >= 0.6 is 0 Å². The van der Waals surface area contributed by atoms with E-state index in [-0.39, 0.29) is 30.0 Å². The van der Waals surface area contributed by atoms with Crippen molar-refractivity contribution in [3.8, 4) is 0 Å². The van der Waals surface area contributed by atoms with Crippen molar-refractivity contribution in [2.24, 2.45) is 13.0 Å². The highest BCUT2D eigenvalue weighted by molar-refractivity contribution is 5.96. The number of carbonyl (C=O) groups excluding carboxylic acids is 2. The Hall–Kier alpha value is -3.20. The average Bonchev–Trinajstić information content (AvgIpc) is 3.14. The molecule has 2 aromatic rings. The van der Waals surface area contributed by atoms with Crippen LogP contribution in [-0.4, -0.2) is 64.5 Å². The molecule has 168 valence electrons. The highest BCUT2D eigenvalue weighted by Gasteiger charge is 2.24. The summed E-state index contributed by atoms with van der Waals surface area (Å²) in [6, 6.07) is 9.29. The number of ether oxygens (including phenoxy) is 1. The largest absolute Gasteiger partial charge is 0.383 e. The second kappa shape index (κ2) is 11.3. The number of non-ortho nitro benzene ring substituents is 1. The molecule has 0 bridgehead atoms. The monoisotopic (exact) mass is 430 g/mol. The fourth-order valence-corrected chi connectivity index (χ4v) is 3.18. The van der Waals surface area contributed by atoms with Crippen molar-refractivity contribution < 1.29 is 19.2 Å². The summed E-state index contributed by atoms with van der Waals surface area (Å²) in [7, 11) is 3.49. The van der Waals surface area contributed by atoms with Crippen molar-refractivity contribution in [3.05, 3.63) is 64.0 Å². The Kier molecular flexibility index (Phi) is 8.75.